The molecule has 23 heavy (non-hydrogen) atoms. The number of hydrogen-bond donors (Lipinski definition) is 1. The van der Waals surface area contributed by atoms with Crippen LogP contribution in [0.25, 0.3) is 11.5 Å². The summed E-state index contributed by atoms with van der Waals surface area (Å²) in [5.41, 5.74) is 1.40. The van der Waals surface area contributed by atoms with Crippen LogP contribution >= 0.6 is 11.6 Å². The lowest BCUT2D eigenvalue weighted by Crippen LogP contribution is -2.19. The van der Waals surface area contributed by atoms with Gasteiger partial charge in [0, 0.05) is 22.2 Å². The molecule has 4 nitrogen and oxygen atoms in total. The van der Waals surface area contributed by atoms with E-state index >= 15 is 0 Å². The molecule has 1 heterocycles. The van der Waals surface area contributed by atoms with Gasteiger partial charge in [0.25, 0.3) is 0 Å². The molecule has 1 aromatic heterocycles. The molecule has 0 radical (unpaired) electrons. The first-order chi connectivity index (χ1) is 11.1. The second-order valence-corrected chi connectivity index (χ2v) is 5.57. The lowest BCUT2D eigenvalue weighted by atomic mass is 10.1. The first-order valence-corrected chi connectivity index (χ1v) is 7.57. The van der Waals surface area contributed by atoms with Gasteiger partial charge in [-0.3, -0.25) is 0 Å². The minimum atomic E-state index is -0.236. The average molecular weight is 332 g/mol. The lowest BCUT2D eigenvalue weighted by molar-refractivity contribution is 0.447. The van der Waals surface area contributed by atoms with Gasteiger partial charge in [-0.25, -0.2) is 4.39 Å². The molecule has 1 N–H and O–H groups in total. The van der Waals surface area contributed by atoms with Gasteiger partial charge in [-0.1, -0.05) is 29.8 Å². The minimum Gasteiger partial charge on any atom is -0.419 e. The molecule has 3 aromatic rings. The van der Waals surface area contributed by atoms with Crippen molar-refractivity contribution >= 4 is 11.6 Å². The normalized spacial score (nSPS) is 12.3. The third-order valence-electron chi connectivity index (χ3n) is 3.49. The van der Waals surface area contributed by atoms with Crippen molar-refractivity contribution in [2.75, 3.05) is 0 Å². The second-order valence-electron chi connectivity index (χ2n) is 5.13. The van der Waals surface area contributed by atoms with E-state index in [1.54, 1.807) is 24.3 Å². The van der Waals surface area contributed by atoms with Crippen molar-refractivity contribution in [1.82, 2.24) is 15.5 Å². The summed E-state index contributed by atoms with van der Waals surface area (Å²) < 4.78 is 19.3. The Morgan fingerprint density at radius 1 is 1.13 bits per heavy atom. The van der Waals surface area contributed by atoms with Crippen LogP contribution in [0.2, 0.25) is 5.02 Å². The van der Waals surface area contributed by atoms with Gasteiger partial charge in [0.15, 0.2) is 0 Å². The summed E-state index contributed by atoms with van der Waals surface area (Å²) in [6.45, 7) is 2.24. The molecule has 1 atom stereocenters. The van der Waals surface area contributed by atoms with Crippen molar-refractivity contribution < 1.29 is 8.81 Å². The van der Waals surface area contributed by atoms with E-state index in [2.05, 4.69) is 15.5 Å². The van der Waals surface area contributed by atoms with Crippen LogP contribution in [-0.4, -0.2) is 10.2 Å². The van der Waals surface area contributed by atoms with E-state index in [1.165, 1.54) is 6.07 Å². The molecule has 0 amide bonds. The summed E-state index contributed by atoms with van der Waals surface area (Å²) in [5, 5.41) is 11.8. The Morgan fingerprint density at radius 3 is 2.61 bits per heavy atom. The van der Waals surface area contributed by atoms with E-state index < -0.39 is 0 Å². The maximum Gasteiger partial charge on any atom is 0.247 e. The molecule has 0 aliphatic heterocycles. The van der Waals surface area contributed by atoms with Crippen LogP contribution in [0.4, 0.5) is 4.39 Å². The van der Waals surface area contributed by atoms with E-state index in [1.807, 2.05) is 25.1 Å². The van der Waals surface area contributed by atoms with Crippen LogP contribution < -0.4 is 5.32 Å². The highest BCUT2D eigenvalue weighted by atomic mass is 35.5. The number of halogens is 2. The van der Waals surface area contributed by atoms with Crippen molar-refractivity contribution in [1.29, 1.82) is 0 Å². The van der Waals surface area contributed by atoms with Crippen molar-refractivity contribution in [3.05, 3.63) is 70.8 Å². The molecule has 2 aromatic carbocycles. The summed E-state index contributed by atoms with van der Waals surface area (Å²) in [7, 11) is 0. The van der Waals surface area contributed by atoms with Crippen LogP contribution in [0.3, 0.4) is 0 Å². The van der Waals surface area contributed by atoms with Gasteiger partial charge in [-0.2, -0.15) is 0 Å². The molecule has 0 saturated heterocycles. The molecule has 0 saturated carbocycles. The molecule has 0 aliphatic carbocycles. The van der Waals surface area contributed by atoms with Gasteiger partial charge >= 0.3 is 0 Å². The topological polar surface area (TPSA) is 51.0 Å². The standard InChI is InChI=1S/C17H15ClFN3O/c1-11(14-4-2-3-5-15(14)19)20-10-16-21-22-17(23-16)12-6-8-13(18)9-7-12/h2-9,11,20H,10H2,1H3/t11-/m1/s1. The first-order valence-electron chi connectivity index (χ1n) is 7.19. The predicted octanol–water partition coefficient (Wildman–Crippen LogP) is 4.38. The molecule has 0 spiro atoms. The molecule has 0 unspecified atom stereocenters. The van der Waals surface area contributed by atoms with Gasteiger partial charge in [0.2, 0.25) is 11.8 Å². The van der Waals surface area contributed by atoms with Crippen LogP contribution in [0, 0.1) is 5.82 Å². The zero-order valence-corrected chi connectivity index (χ0v) is 13.2. The van der Waals surface area contributed by atoms with Gasteiger partial charge in [-0.05, 0) is 37.3 Å². The zero-order chi connectivity index (χ0) is 16.2. The smallest absolute Gasteiger partial charge is 0.247 e. The van der Waals surface area contributed by atoms with Crippen molar-refractivity contribution in [2.24, 2.45) is 0 Å². The molecule has 118 valence electrons. The van der Waals surface area contributed by atoms with Crippen molar-refractivity contribution in [3.8, 4) is 11.5 Å². The van der Waals surface area contributed by atoms with Crippen molar-refractivity contribution in [3.63, 3.8) is 0 Å². The SMILES string of the molecule is C[C@@H](NCc1nnc(-c2ccc(Cl)cc2)o1)c1ccccc1F. The molecule has 3 rings (SSSR count). The maximum atomic E-state index is 13.7. The van der Waals surface area contributed by atoms with Gasteiger partial charge in [0.1, 0.15) is 5.82 Å². The monoisotopic (exact) mass is 331 g/mol. The number of hydrogen-bond acceptors (Lipinski definition) is 4. The predicted molar refractivity (Wildman–Crippen MR) is 86.4 cm³/mol. The maximum absolute atomic E-state index is 13.7. The van der Waals surface area contributed by atoms with Crippen LogP contribution in [-0.2, 0) is 6.54 Å². The summed E-state index contributed by atoms with van der Waals surface area (Å²) in [5.74, 6) is 0.634. The molecular weight excluding hydrogens is 317 g/mol. The van der Waals surface area contributed by atoms with Gasteiger partial charge in [0.05, 0.1) is 6.54 Å². The highest BCUT2D eigenvalue weighted by Crippen LogP contribution is 2.21. The van der Waals surface area contributed by atoms with E-state index in [4.69, 9.17) is 16.0 Å². The molecule has 0 bridgehead atoms. The fourth-order valence-electron chi connectivity index (χ4n) is 2.21. The van der Waals surface area contributed by atoms with E-state index in [0.717, 1.165) is 5.56 Å². The molecule has 0 fully saturated rings. The molecule has 6 heteroatoms. The van der Waals surface area contributed by atoms with Crippen LogP contribution in [0.1, 0.15) is 24.4 Å². The fraction of sp³-hybridized carbons (Fsp3) is 0.176. The number of aromatic nitrogens is 2. The highest BCUT2D eigenvalue weighted by Gasteiger charge is 2.12. The largest absolute Gasteiger partial charge is 0.419 e. The minimum absolute atomic E-state index is 0.165. The third kappa shape index (κ3) is 3.75. The third-order valence-corrected chi connectivity index (χ3v) is 3.74. The second kappa shape index (κ2) is 6.89. The first kappa shape index (κ1) is 15.6. The Morgan fingerprint density at radius 2 is 1.87 bits per heavy atom. The van der Waals surface area contributed by atoms with Gasteiger partial charge < -0.3 is 9.73 Å². The fourth-order valence-corrected chi connectivity index (χ4v) is 2.34. The van der Waals surface area contributed by atoms with Crippen LogP contribution in [0.5, 0.6) is 0 Å². The summed E-state index contributed by atoms with van der Waals surface area (Å²) >= 11 is 5.85. The number of rotatable bonds is 5. The Kier molecular flexibility index (Phi) is 4.69. The number of nitrogens with one attached hydrogen (secondary N) is 1. The summed E-state index contributed by atoms with van der Waals surface area (Å²) in [6.07, 6.45) is 0. The van der Waals surface area contributed by atoms with Crippen LogP contribution in [0.15, 0.2) is 52.9 Å². The van der Waals surface area contributed by atoms with E-state index in [-0.39, 0.29) is 11.9 Å². The van der Waals surface area contributed by atoms with Crippen molar-refractivity contribution in [2.45, 2.75) is 19.5 Å². The summed E-state index contributed by atoms with van der Waals surface area (Å²) in [4.78, 5) is 0. The average Bonchev–Trinajstić information content (AvgIpc) is 3.03. The Labute approximate surface area is 138 Å². The lowest BCUT2D eigenvalue weighted by Gasteiger charge is -2.13. The number of nitrogens with zero attached hydrogens (tertiary/aromatic N) is 2. The van der Waals surface area contributed by atoms with Gasteiger partial charge in [-0.15, -0.1) is 10.2 Å². The number of benzene rings is 2. The molecule has 0 aliphatic rings. The zero-order valence-electron chi connectivity index (χ0n) is 12.5. The summed E-state index contributed by atoms with van der Waals surface area (Å²) in [6, 6.07) is 13.7. The Hall–Kier alpha value is -2.24. The highest BCUT2D eigenvalue weighted by molar-refractivity contribution is 6.30. The Balaban J connectivity index is 1.65. The Bertz CT molecular complexity index is 789. The molecular formula is C17H15ClFN3O. The quantitative estimate of drug-likeness (QED) is 0.753. The van der Waals surface area contributed by atoms with E-state index in [0.29, 0.717) is 28.9 Å². The van der Waals surface area contributed by atoms with E-state index in [9.17, 15) is 4.39 Å².